The highest BCUT2D eigenvalue weighted by molar-refractivity contribution is 7.89. The van der Waals surface area contributed by atoms with Crippen LogP contribution in [-0.4, -0.2) is 26.9 Å². The van der Waals surface area contributed by atoms with Gasteiger partial charge in [0.1, 0.15) is 5.76 Å². The molecule has 1 rings (SSSR count). The number of hydrogen-bond acceptors (Lipinski definition) is 5. The highest BCUT2D eigenvalue weighted by atomic mass is 32.2. The fourth-order valence-electron chi connectivity index (χ4n) is 1.35. The van der Waals surface area contributed by atoms with E-state index in [4.69, 9.17) is 9.56 Å². The second kappa shape index (κ2) is 6.69. The Kier molecular flexibility index (Phi) is 5.52. The van der Waals surface area contributed by atoms with Crippen molar-refractivity contribution in [2.75, 3.05) is 6.54 Å². The number of amides is 1. The molecule has 19 heavy (non-hydrogen) atoms. The van der Waals surface area contributed by atoms with E-state index in [0.717, 1.165) is 6.42 Å². The van der Waals surface area contributed by atoms with Gasteiger partial charge in [0.25, 0.3) is 10.0 Å². The Bertz CT molecular complexity index is 524. The molecular weight excluding hydrogens is 270 g/mol. The average molecular weight is 289 g/mol. The summed E-state index contributed by atoms with van der Waals surface area (Å²) in [6.07, 6.45) is 0.869. The smallest absolute Gasteiger partial charge is 0.271 e. The molecule has 0 saturated carbocycles. The molecule has 4 N–H and O–H groups in total. The van der Waals surface area contributed by atoms with Gasteiger partial charge in [-0.2, -0.15) is 0 Å². The quantitative estimate of drug-likeness (QED) is 0.650. The van der Waals surface area contributed by atoms with E-state index in [1.165, 1.54) is 12.1 Å². The van der Waals surface area contributed by atoms with Crippen LogP contribution < -0.4 is 15.8 Å². The normalized spacial score (nSPS) is 13.2. The lowest BCUT2D eigenvalue weighted by Gasteiger charge is -2.12. The minimum absolute atomic E-state index is 0.111. The summed E-state index contributed by atoms with van der Waals surface area (Å²) in [4.78, 5) is 11.6. The molecule has 8 heteroatoms. The van der Waals surface area contributed by atoms with Crippen molar-refractivity contribution >= 4 is 15.9 Å². The molecule has 1 heterocycles. The molecule has 1 aromatic heterocycles. The zero-order valence-electron chi connectivity index (χ0n) is 11.0. The molecule has 1 aromatic rings. The molecule has 0 spiro atoms. The molecule has 0 radical (unpaired) electrons. The largest absolute Gasteiger partial charge is 0.447 e. The predicted octanol–water partition coefficient (Wildman–Crippen LogP) is -0.0687. The van der Waals surface area contributed by atoms with Crippen molar-refractivity contribution < 1.29 is 17.6 Å². The fraction of sp³-hybridized carbons (Fsp3) is 0.545. The summed E-state index contributed by atoms with van der Waals surface area (Å²) in [5.41, 5.74) is 0. The van der Waals surface area contributed by atoms with Crippen LogP contribution in [0.3, 0.4) is 0 Å². The number of rotatable bonds is 7. The van der Waals surface area contributed by atoms with Crippen LogP contribution in [0.15, 0.2) is 21.6 Å². The molecule has 1 amide bonds. The molecular formula is C11H19N3O4S. The number of sulfonamides is 1. The van der Waals surface area contributed by atoms with E-state index in [9.17, 15) is 13.2 Å². The Labute approximate surface area is 112 Å². The van der Waals surface area contributed by atoms with E-state index in [1.807, 2.05) is 6.92 Å². The summed E-state index contributed by atoms with van der Waals surface area (Å²) < 4.78 is 27.1. The highest BCUT2D eigenvalue weighted by Gasteiger charge is 2.15. The molecule has 0 aliphatic rings. The molecule has 0 saturated heterocycles. The SMILES string of the molecule is CCCNC(=O)C(C)NCc1ccc(S(N)(=O)=O)o1. The number of primary sulfonamides is 1. The Balaban J connectivity index is 2.48. The van der Waals surface area contributed by atoms with E-state index in [1.54, 1.807) is 6.92 Å². The molecule has 108 valence electrons. The van der Waals surface area contributed by atoms with Gasteiger partial charge in [0, 0.05) is 6.54 Å². The number of nitrogens with one attached hydrogen (secondary N) is 2. The van der Waals surface area contributed by atoms with Gasteiger partial charge in [-0.15, -0.1) is 0 Å². The summed E-state index contributed by atoms with van der Waals surface area (Å²) in [6, 6.07) is 2.40. The number of carbonyl (C=O) groups excluding carboxylic acids is 1. The summed E-state index contributed by atoms with van der Waals surface area (Å²) in [5.74, 6) is 0.291. The first kappa shape index (κ1) is 15.7. The summed E-state index contributed by atoms with van der Waals surface area (Å²) in [7, 11) is -3.82. The zero-order chi connectivity index (χ0) is 14.5. The van der Waals surface area contributed by atoms with Crippen molar-refractivity contribution in [2.24, 2.45) is 5.14 Å². The Hall–Kier alpha value is -1.38. The average Bonchev–Trinajstić information content (AvgIpc) is 2.81. The van der Waals surface area contributed by atoms with Crippen LogP contribution in [0.2, 0.25) is 0 Å². The standard InChI is InChI=1S/C11H19N3O4S/c1-3-6-13-11(15)8(2)14-7-9-4-5-10(18-9)19(12,16)17/h4-5,8,14H,3,6-7H2,1-2H3,(H,13,15)(H2,12,16,17). The highest BCUT2D eigenvalue weighted by Crippen LogP contribution is 2.11. The van der Waals surface area contributed by atoms with Gasteiger partial charge in [-0.3, -0.25) is 10.1 Å². The second-order valence-corrected chi connectivity index (χ2v) is 5.65. The van der Waals surface area contributed by atoms with Gasteiger partial charge in [0.2, 0.25) is 11.0 Å². The number of nitrogens with two attached hydrogens (primary N) is 1. The van der Waals surface area contributed by atoms with Gasteiger partial charge in [-0.05, 0) is 25.5 Å². The van der Waals surface area contributed by atoms with Gasteiger partial charge in [0.15, 0.2) is 0 Å². The fourth-order valence-corrected chi connectivity index (χ4v) is 1.83. The van der Waals surface area contributed by atoms with Crippen LogP contribution in [-0.2, 0) is 21.4 Å². The molecule has 7 nitrogen and oxygen atoms in total. The minimum atomic E-state index is -3.82. The maximum atomic E-state index is 11.6. The molecule has 0 fully saturated rings. The predicted molar refractivity (Wildman–Crippen MR) is 69.7 cm³/mol. The Morgan fingerprint density at radius 1 is 1.47 bits per heavy atom. The van der Waals surface area contributed by atoms with Crippen molar-refractivity contribution in [3.8, 4) is 0 Å². The van der Waals surface area contributed by atoms with Crippen molar-refractivity contribution in [1.29, 1.82) is 0 Å². The van der Waals surface area contributed by atoms with Gasteiger partial charge in [-0.25, -0.2) is 13.6 Å². The third-order valence-corrected chi connectivity index (χ3v) is 3.22. The molecule has 1 unspecified atom stereocenters. The first-order valence-electron chi connectivity index (χ1n) is 5.97. The van der Waals surface area contributed by atoms with Crippen LogP contribution in [0.1, 0.15) is 26.0 Å². The first-order valence-corrected chi connectivity index (χ1v) is 7.52. The van der Waals surface area contributed by atoms with Crippen LogP contribution in [0, 0.1) is 0 Å². The van der Waals surface area contributed by atoms with Crippen molar-refractivity contribution in [3.63, 3.8) is 0 Å². The van der Waals surface area contributed by atoms with Gasteiger partial charge in [0.05, 0.1) is 12.6 Å². The van der Waals surface area contributed by atoms with Crippen LogP contribution in [0.5, 0.6) is 0 Å². The minimum Gasteiger partial charge on any atom is -0.447 e. The monoisotopic (exact) mass is 289 g/mol. The number of hydrogen-bond donors (Lipinski definition) is 3. The third kappa shape index (κ3) is 5.01. The Morgan fingerprint density at radius 2 is 2.16 bits per heavy atom. The summed E-state index contributed by atoms with van der Waals surface area (Å²) >= 11 is 0. The zero-order valence-corrected chi connectivity index (χ0v) is 11.8. The van der Waals surface area contributed by atoms with Crippen molar-refractivity contribution in [1.82, 2.24) is 10.6 Å². The first-order chi connectivity index (χ1) is 8.84. The van der Waals surface area contributed by atoms with Gasteiger partial charge >= 0.3 is 0 Å². The molecule has 0 bridgehead atoms. The lowest BCUT2D eigenvalue weighted by Crippen LogP contribution is -2.42. The van der Waals surface area contributed by atoms with E-state index >= 15 is 0 Å². The third-order valence-electron chi connectivity index (χ3n) is 2.44. The van der Waals surface area contributed by atoms with Crippen LogP contribution >= 0.6 is 0 Å². The van der Waals surface area contributed by atoms with E-state index in [0.29, 0.717) is 12.3 Å². The van der Waals surface area contributed by atoms with E-state index in [-0.39, 0.29) is 17.5 Å². The lowest BCUT2D eigenvalue weighted by molar-refractivity contribution is -0.122. The molecule has 0 aliphatic carbocycles. The summed E-state index contributed by atoms with van der Waals surface area (Å²) in [6.45, 7) is 4.56. The summed E-state index contributed by atoms with van der Waals surface area (Å²) in [5, 5.41) is 10.3. The maximum absolute atomic E-state index is 11.6. The van der Waals surface area contributed by atoms with Crippen molar-refractivity contribution in [3.05, 3.63) is 17.9 Å². The molecule has 0 aromatic carbocycles. The topological polar surface area (TPSA) is 114 Å². The molecule has 1 atom stereocenters. The molecule has 0 aliphatic heterocycles. The second-order valence-electron chi connectivity index (χ2n) is 4.16. The number of carbonyl (C=O) groups is 1. The van der Waals surface area contributed by atoms with Gasteiger partial charge in [-0.1, -0.05) is 6.92 Å². The number of furan rings is 1. The Morgan fingerprint density at radius 3 is 2.68 bits per heavy atom. The van der Waals surface area contributed by atoms with Gasteiger partial charge < -0.3 is 9.73 Å². The van der Waals surface area contributed by atoms with E-state index < -0.39 is 16.1 Å². The van der Waals surface area contributed by atoms with Crippen molar-refractivity contribution in [2.45, 2.75) is 37.9 Å². The lowest BCUT2D eigenvalue weighted by atomic mass is 10.3. The maximum Gasteiger partial charge on any atom is 0.271 e. The van der Waals surface area contributed by atoms with Crippen LogP contribution in [0.4, 0.5) is 0 Å². The van der Waals surface area contributed by atoms with Crippen LogP contribution in [0.25, 0.3) is 0 Å². The van der Waals surface area contributed by atoms with E-state index in [2.05, 4.69) is 10.6 Å².